The van der Waals surface area contributed by atoms with E-state index < -0.39 is 0 Å². The molecule has 0 radical (unpaired) electrons. The monoisotopic (exact) mass is 277 g/mol. The van der Waals surface area contributed by atoms with Gasteiger partial charge in [-0.1, -0.05) is 11.3 Å². The predicted octanol–water partition coefficient (Wildman–Crippen LogP) is 2.67. The van der Waals surface area contributed by atoms with E-state index >= 15 is 0 Å². The van der Waals surface area contributed by atoms with Gasteiger partial charge in [0.05, 0.1) is 17.3 Å². The topological polar surface area (TPSA) is 37.4 Å². The zero-order valence-electron chi connectivity index (χ0n) is 11.3. The van der Waals surface area contributed by atoms with Gasteiger partial charge in [0.2, 0.25) is 0 Å². The number of anilines is 1. The first-order valence-corrected chi connectivity index (χ1v) is 7.43. The lowest BCUT2D eigenvalue weighted by molar-refractivity contribution is 0.399. The van der Waals surface area contributed by atoms with Crippen LogP contribution in [0, 0.1) is 5.92 Å². The summed E-state index contributed by atoms with van der Waals surface area (Å²) in [5.41, 5.74) is 1.04. The number of aromatic nitrogens is 1. The maximum absolute atomic E-state index is 5.24. The van der Waals surface area contributed by atoms with Crippen molar-refractivity contribution in [3.05, 3.63) is 18.2 Å². The first-order valence-electron chi connectivity index (χ1n) is 6.61. The lowest BCUT2D eigenvalue weighted by Crippen LogP contribution is -2.18. The van der Waals surface area contributed by atoms with E-state index in [0.717, 1.165) is 28.9 Å². The van der Waals surface area contributed by atoms with Crippen LogP contribution >= 0.6 is 11.3 Å². The van der Waals surface area contributed by atoms with Crippen LogP contribution in [0.5, 0.6) is 5.75 Å². The van der Waals surface area contributed by atoms with Crippen LogP contribution in [0.2, 0.25) is 0 Å². The molecule has 0 spiro atoms. The van der Waals surface area contributed by atoms with Crippen molar-refractivity contribution in [2.75, 3.05) is 39.1 Å². The Bertz CT molecular complexity index is 569. The minimum Gasteiger partial charge on any atom is -0.497 e. The molecule has 1 aromatic carbocycles. The molecule has 0 saturated carbocycles. The van der Waals surface area contributed by atoms with Crippen molar-refractivity contribution in [1.29, 1.82) is 0 Å². The van der Waals surface area contributed by atoms with Crippen molar-refractivity contribution >= 4 is 26.7 Å². The van der Waals surface area contributed by atoms with E-state index in [4.69, 9.17) is 4.74 Å². The second-order valence-electron chi connectivity index (χ2n) is 5.15. The summed E-state index contributed by atoms with van der Waals surface area (Å²) >= 11 is 1.70. The Kier molecular flexibility index (Phi) is 3.57. The molecule has 1 aromatic heterocycles. The molecule has 3 rings (SSSR count). The number of methoxy groups -OCH3 is 1. The molecule has 0 amide bonds. The van der Waals surface area contributed by atoms with Crippen molar-refractivity contribution in [2.45, 2.75) is 6.42 Å². The zero-order chi connectivity index (χ0) is 13.2. The molecule has 1 fully saturated rings. The maximum Gasteiger partial charge on any atom is 0.183 e. The molecule has 2 aromatic rings. The third-order valence-electron chi connectivity index (χ3n) is 3.63. The minimum atomic E-state index is 0.742. The fourth-order valence-corrected chi connectivity index (χ4v) is 3.43. The highest BCUT2D eigenvalue weighted by atomic mass is 32.1. The van der Waals surface area contributed by atoms with Crippen molar-refractivity contribution in [3.8, 4) is 5.75 Å². The van der Waals surface area contributed by atoms with Gasteiger partial charge in [-0.3, -0.25) is 0 Å². The van der Waals surface area contributed by atoms with E-state index in [0.29, 0.717) is 0 Å². The highest BCUT2D eigenvalue weighted by Crippen LogP contribution is 2.29. The van der Waals surface area contributed by atoms with E-state index in [1.54, 1.807) is 18.4 Å². The molecule has 0 bridgehead atoms. The lowest BCUT2D eigenvalue weighted by atomic mass is 10.1. The molecule has 0 aliphatic carbocycles. The summed E-state index contributed by atoms with van der Waals surface area (Å²) < 4.78 is 6.41. The van der Waals surface area contributed by atoms with Crippen LogP contribution in [0.3, 0.4) is 0 Å². The summed E-state index contributed by atoms with van der Waals surface area (Å²) in [5, 5.41) is 4.49. The van der Waals surface area contributed by atoms with Gasteiger partial charge in [0.1, 0.15) is 5.75 Å². The van der Waals surface area contributed by atoms with E-state index in [2.05, 4.69) is 22.2 Å². The van der Waals surface area contributed by atoms with Crippen LogP contribution in [0.1, 0.15) is 6.42 Å². The van der Waals surface area contributed by atoms with Gasteiger partial charge in [0.15, 0.2) is 5.13 Å². The highest BCUT2D eigenvalue weighted by Gasteiger charge is 2.19. The highest BCUT2D eigenvalue weighted by molar-refractivity contribution is 7.22. The Balaban J connectivity index is 1.67. The Morgan fingerprint density at radius 2 is 2.42 bits per heavy atom. The molecule has 4 nitrogen and oxygen atoms in total. The van der Waals surface area contributed by atoms with Gasteiger partial charge >= 0.3 is 0 Å². The average molecular weight is 277 g/mol. The number of fused-ring (bicyclic) bond motifs is 1. The SMILES string of the molecule is COc1ccc2nc(NCC3CCN(C)C3)sc2c1. The van der Waals surface area contributed by atoms with Crippen LogP contribution < -0.4 is 10.1 Å². The Morgan fingerprint density at radius 1 is 1.53 bits per heavy atom. The van der Waals surface area contributed by atoms with Crippen LogP contribution in [0.25, 0.3) is 10.2 Å². The molecular formula is C14H19N3OS. The minimum absolute atomic E-state index is 0.742. The molecule has 5 heteroatoms. The van der Waals surface area contributed by atoms with Gasteiger partial charge < -0.3 is 15.0 Å². The summed E-state index contributed by atoms with van der Waals surface area (Å²) in [6.07, 6.45) is 1.28. The number of ether oxygens (including phenoxy) is 1. The van der Waals surface area contributed by atoms with Gasteiger partial charge in [-0.2, -0.15) is 0 Å². The van der Waals surface area contributed by atoms with Gasteiger partial charge in [-0.05, 0) is 44.1 Å². The molecule has 1 aliphatic rings. The molecule has 2 heterocycles. The number of nitrogens with one attached hydrogen (secondary N) is 1. The van der Waals surface area contributed by atoms with E-state index in [9.17, 15) is 0 Å². The number of rotatable bonds is 4. The number of hydrogen-bond acceptors (Lipinski definition) is 5. The predicted molar refractivity (Wildman–Crippen MR) is 80.3 cm³/mol. The molecule has 19 heavy (non-hydrogen) atoms. The second-order valence-corrected chi connectivity index (χ2v) is 6.18. The zero-order valence-corrected chi connectivity index (χ0v) is 12.2. The molecule has 1 unspecified atom stereocenters. The third kappa shape index (κ3) is 2.82. The Morgan fingerprint density at radius 3 is 3.16 bits per heavy atom. The number of benzene rings is 1. The Labute approximate surface area is 117 Å². The largest absolute Gasteiger partial charge is 0.497 e. The smallest absolute Gasteiger partial charge is 0.183 e. The summed E-state index contributed by atoms with van der Waals surface area (Å²) in [6, 6.07) is 6.01. The lowest BCUT2D eigenvalue weighted by Gasteiger charge is -2.10. The van der Waals surface area contributed by atoms with Crippen molar-refractivity contribution < 1.29 is 4.74 Å². The van der Waals surface area contributed by atoms with Crippen LogP contribution in [0.15, 0.2) is 18.2 Å². The van der Waals surface area contributed by atoms with Crippen LogP contribution in [0.4, 0.5) is 5.13 Å². The van der Waals surface area contributed by atoms with Gasteiger partial charge in [0, 0.05) is 13.1 Å². The number of nitrogens with zero attached hydrogens (tertiary/aromatic N) is 2. The molecular weight excluding hydrogens is 258 g/mol. The standard InChI is InChI=1S/C14H19N3OS/c1-17-6-5-10(9-17)8-15-14-16-12-4-3-11(18-2)7-13(12)19-14/h3-4,7,10H,5-6,8-9H2,1-2H3,(H,15,16). The Hall–Kier alpha value is -1.33. The fourth-order valence-electron chi connectivity index (χ4n) is 2.53. The van der Waals surface area contributed by atoms with Crippen molar-refractivity contribution in [1.82, 2.24) is 9.88 Å². The van der Waals surface area contributed by atoms with Crippen LogP contribution in [-0.2, 0) is 0 Å². The molecule has 1 N–H and O–H groups in total. The van der Waals surface area contributed by atoms with Crippen molar-refractivity contribution in [3.63, 3.8) is 0 Å². The molecule has 1 aliphatic heterocycles. The second kappa shape index (κ2) is 5.35. The van der Waals surface area contributed by atoms with Crippen LogP contribution in [-0.4, -0.2) is 43.7 Å². The third-order valence-corrected chi connectivity index (χ3v) is 4.60. The molecule has 102 valence electrons. The summed E-state index contributed by atoms with van der Waals surface area (Å²) in [7, 11) is 3.88. The number of hydrogen-bond donors (Lipinski definition) is 1. The first-order chi connectivity index (χ1) is 9.24. The van der Waals surface area contributed by atoms with Crippen molar-refractivity contribution in [2.24, 2.45) is 5.92 Å². The normalized spacial score (nSPS) is 20.0. The summed E-state index contributed by atoms with van der Waals surface area (Å²) in [5.74, 6) is 1.63. The maximum atomic E-state index is 5.24. The summed E-state index contributed by atoms with van der Waals surface area (Å²) in [4.78, 5) is 6.99. The van der Waals surface area contributed by atoms with Gasteiger partial charge in [-0.15, -0.1) is 0 Å². The van der Waals surface area contributed by atoms with Gasteiger partial charge in [0.25, 0.3) is 0 Å². The first kappa shape index (κ1) is 12.7. The molecule has 1 atom stereocenters. The van der Waals surface area contributed by atoms with E-state index in [-0.39, 0.29) is 0 Å². The average Bonchev–Trinajstić information content (AvgIpc) is 3.01. The quantitative estimate of drug-likeness (QED) is 0.932. The van der Waals surface area contributed by atoms with E-state index in [1.807, 2.05) is 18.2 Å². The summed E-state index contributed by atoms with van der Waals surface area (Å²) in [6.45, 7) is 3.41. The molecule has 1 saturated heterocycles. The van der Waals surface area contributed by atoms with E-state index in [1.165, 1.54) is 24.2 Å². The number of likely N-dealkylation sites (tertiary alicyclic amines) is 1. The number of thiazole rings is 1. The fraction of sp³-hybridized carbons (Fsp3) is 0.500. The van der Waals surface area contributed by atoms with Gasteiger partial charge in [-0.25, -0.2) is 4.98 Å².